The minimum absolute atomic E-state index is 0.0970. The van der Waals surface area contributed by atoms with Crippen LogP contribution in [0.1, 0.15) is 6.92 Å². The van der Waals surface area contributed by atoms with E-state index in [0.717, 1.165) is 6.08 Å². The quantitative estimate of drug-likeness (QED) is 0.256. The van der Waals surface area contributed by atoms with Crippen molar-refractivity contribution in [3.63, 3.8) is 0 Å². The highest BCUT2D eigenvalue weighted by Crippen LogP contribution is 1.90. The smallest absolute Gasteiger partial charge is 0.333 e. The van der Waals surface area contributed by atoms with E-state index in [9.17, 15) is 4.79 Å². The lowest BCUT2D eigenvalue weighted by Gasteiger charge is -2.03. The normalized spacial score (nSPS) is 8.10. The summed E-state index contributed by atoms with van der Waals surface area (Å²) < 4.78 is 9.19. The summed E-state index contributed by atoms with van der Waals surface area (Å²) in [6.45, 7) is 8.22. The van der Waals surface area contributed by atoms with Crippen LogP contribution in [0.25, 0.3) is 0 Å². The van der Waals surface area contributed by atoms with Crippen LogP contribution in [0.5, 0.6) is 0 Å². The van der Waals surface area contributed by atoms with Crippen LogP contribution in [0, 0.1) is 0 Å². The number of allylic oxidation sites excluding steroid dienone is 1. The van der Waals surface area contributed by atoms with Crippen LogP contribution in [0.4, 0.5) is 0 Å². The van der Waals surface area contributed by atoms with E-state index in [1.54, 1.807) is 6.92 Å². The van der Waals surface area contributed by atoms with E-state index < -0.39 is 5.97 Å². The maximum Gasteiger partial charge on any atom is 0.333 e. The van der Waals surface area contributed by atoms with Gasteiger partial charge in [0.25, 0.3) is 0 Å². The monoisotopic (exact) mass is 142 g/mol. The maximum absolute atomic E-state index is 10.3. The van der Waals surface area contributed by atoms with Gasteiger partial charge < -0.3 is 9.47 Å². The van der Waals surface area contributed by atoms with Crippen molar-refractivity contribution in [1.29, 1.82) is 0 Å². The molecule has 0 aliphatic rings. The average Bonchev–Trinajstić information content (AvgIpc) is 1.87. The molecular weight excluding hydrogens is 132 g/mol. The highest BCUT2D eigenvalue weighted by Gasteiger charge is 1.92. The van der Waals surface area contributed by atoms with Crippen molar-refractivity contribution in [3.05, 3.63) is 25.0 Å². The maximum atomic E-state index is 10.3. The van der Waals surface area contributed by atoms with Gasteiger partial charge in [0.05, 0.1) is 5.76 Å². The molecule has 0 fully saturated rings. The standard InChI is InChI=1S/C7H10O3/c1-4-7(8)10-5-9-6(2)3/h4H,1-2,5H2,3H3. The molecular formula is C7H10O3. The Hall–Kier alpha value is -1.25. The summed E-state index contributed by atoms with van der Waals surface area (Å²) in [7, 11) is 0. The second kappa shape index (κ2) is 4.61. The zero-order valence-electron chi connectivity index (χ0n) is 5.92. The van der Waals surface area contributed by atoms with Crippen LogP contribution in [0.2, 0.25) is 0 Å². The fourth-order valence-electron chi connectivity index (χ4n) is 0.247. The third-order valence-electron chi connectivity index (χ3n) is 0.673. The van der Waals surface area contributed by atoms with Gasteiger partial charge in [0.1, 0.15) is 0 Å². The van der Waals surface area contributed by atoms with Gasteiger partial charge in [-0.2, -0.15) is 0 Å². The largest absolute Gasteiger partial charge is 0.463 e. The predicted octanol–water partition coefficient (Wildman–Crippen LogP) is 1.22. The molecule has 0 unspecified atom stereocenters. The van der Waals surface area contributed by atoms with Gasteiger partial charge in [0.2, 0.25) is 6.79 Å². The van der Waals surface area contributed by atoms with Crippen molar-refractivity contribution >= 4 is 5.97 Å². The summed E-state index contributed by atoms with van der Waals surface area (Å²) in [5, 5.41) is 0. The van der Waals surface area contributed by atoms with Crippen LogP contribution < -0.4 is 0 Å². The highest BCUT2D eigenvalue weighted by atomic mass is 16.7. The number of carbonyl (C=O) groups is 1. The van der Waals surface area contributed by atoms with E-state index in [2.05, 4.69) is 17.9 Å². The molecule has 0 amide bonds. The Morgan fingerprint density at radius 2 is 2.20 bits per heavy atom. The average molecular weight is 142 g/mol. The van der Waals surface area contributed by atoms with Gasteiger partial charge in [-0.3, -0.25) is 0 Å². The first kappa shape index (κ1) is 8.75. The predicted molar refractivity (Wildman–Crippen MR) is 37.1 cm³/mol. The molecule has 0 rings (SSSR count). The van der Waals surface area contributed by atoms with E-state index in [1.807, 2.05) is 0 Å². The van der Waals surface area contributed by atoms with Crippen LogP contribution in [-0.2, 0) is 14.3 Å². The topological polar surface area (TPSA) is 35.5 Å². The Morgan fingerprint density at radius 1 is 1.60 bits per heavy atom. The van der Waals surface area contributed by atoms with Crippen LogP contribution >= 0.6 is 0 Å². The molecule has 0 N–H and O–H groups in total. The fraction of sp³-hybridized carbons (Fsp3) is 0.286. The van der Waals surface area contributed by atoms with Gasteiger partial charge in [0, 0.05) is 6.08 Å². The third-order valence-corrected chi connectivity index (χ3v) is 0.673. The Labute approximate surface area is 59.9 Å². The summed E-state index contributed by atoms with van der Waals surface area (Å²) in [5.74, 6) is 0.0121. The summed E-state index contributed by atoms with van der Waals surface area (Å²) >= 11 is 0. The van der Waals surface area contributed by atoms with Crippen LogP contribution in [-0.4, -0.2) is 12.8 Å². The zero-order chi connectivity index (χ0) is 7.98. The molecule has 0 aliphatic heterocycles. The van der Waals surface area contributed by atoms with E-state index in [0.29, 0.717) is 5.76 Å². The van der Waals surface area contributed by atoms with Crippen molar-refractivity contribution in [1.82, 2.24) is 0 Å². The van der Waals surface area contributed by atoms with Crippen LogP contribution in [0.3, 0.4) is 0 Å². The Morgan fingerprint density at radius 3 is 2.60 bits per heavy atom. The van der Waals surface area contributed by atoms with E-state index in [-0.39, 0.29) is 6.79 Å². The van der Waals surface area contributed by atoms with Gasteiger partial charge in [-0.05, 0) is 6.92 Å². The number of rotatable bonds is 4. The summed E-state index contributed by atoms with van der Waals surface area (Å²) in [4.78, 5) is 10.3. The SMILES string of the molecule is C=CC(=O)OCOC(=C)C. The first-order valence-corrected chi connectivity index (χ1v) is 2.74. The molecule has 0 aromatic rings. The van der Waals surface area contributed by atoms with Crippen molar-refractivity contribution in [2.24, 2.45) is 0 Å². The molecule has 0 saturated heterocycles. The first-order valence-electron chi connectivity index (χ1n) is 2.74. The van der Waals surface area contributed by atoms with Gasteiger partial charge in [0.15, 0.2) is 0 Å². The number of hydrogen-bond acceptors (Lipinski definition) is 3. The van der Waals surface area contributed by atoms with Gasteiger partial charge >= 0.3 is 5.97 Å². The molecule has 0 aromatic carbocycles. The number of ether oxygens (including phenoxy) is 2. The summed E-state index contributed by atoms with van der Waals surface area (Å²) in [6, 6.07) is 0. The Kier molecular flexibility index (Phi) is 4.04. The second-order valence-corrected chi connectivity index (χ2v) is 1.63. The van der Waals surface area contributed by atoms with Crippen molar-refractivity contribution in [3.8, 4) is 0 Å². The molecule has 3 heteroatoms. The van der Waals surface area contributed by atoms with Gasteiger partial charge in [-0.1, -0.05) is 13.2 Å². The minimum atomic E-state index is -0.499. The van der Waals surface area contributed by atoms with Crippen molar-refractivity contribution in [2.45, 2.75) is 6.92 Å². The lowest BCUT2D eigenvalue weighted by molar-refractivity contribution is -0.146. The molecule has 0 atom stereocenters. The van der Waals surface area contributed by atoms with Gasteiger partial charge in [-0.25, -0.2) is 4.79 Å². The molecule has 0 bridgehead atoms. The van der Waals surface area contributed by atoms with E-state index >= 15 is 0 Å². The number of hydrogen-bond donors (Lipinski definition) is 0. The number of esters is 1. The molecule has 0 aromatic heterocycles. The van der Waals surface area contributed by atoms with Crippen molar-refractivity contribution < 1.29 is 14.3 Å². The number of carbonyl (C=O) groups excluding carboxylic acids is 1. The third kappa shape index (κ3) is 4.90. The van der Waals surface area contributed by atoms with Gasteiger partial charge in [-0.15, -0.1) is 0 Å². The molecule has 0 spiro atoms. The Balaban J connectivity index is 3.28. The molecule has 56 valence electrons. The first-order chi connectivity index (χ1) is 4.66. The van der Waals surface area contributed by atoms with Crippen LogP contribution in [0.15, 0.2) is 25.0 Å². The summed E-state index contributed by atoms with van der Waals surface area (Å²) in [6.07, 6.45) is 1.07. The van der Waals surface area contributed by atoms with E-state index in [1.165, 1.54) is 0 Å². The molecule has 3 nitrogen and oxygen atoms in total. The molecule has 0 aliphatic carbocycles. The lowest BCUT2D eigenvalue weighted by atomic mass is 10.7. The minimum Gasteiger partial charge on any atom is -0.463 e. The molecule has 0 radical (unpaired) electrons. The molecule has 10 heavy (non-hydrogen) atoms. The zero-order valence-corrected chi connectivity index (χ0v) is 5.92. The molecule has 0 saturated carbocycles. The lowest BCUT2D eigenvalue weighted by Crippen LogP contribution is -2.03. The van der Waals surface area contributed by atoms with Crippen molar-refractivity contribution in [2.75, 3.05) is 6.79 Å². The Bertz CT molecular complexity index is 149. The highest BCUT2D eigenvalue weighted by molar-refractivity contribution is 5.81. The second-order valence-electron chi connectivity index (χ2n) is 1.63. The fourth-order valence-corrected chi connectivity index (χ4v) is 0.247. The summed E-state index contributed by atoms with van der Waals surface area (Å²) in [5.41, 5.74) is 0. The van der Waals surface area contributed by atoms with E-state index in [4.69, 9.17) is 4.74 Å². The molecule has 0 heterocycles.